The van der Waals surface area contributed by atoms with Gasteiger partial charge >= 0.3 is 0 Å². The van der Waals surface area contributed by atoms with E-state index in [1.807, 2.05) is 13.0 Å². The first-order valence-electron chi connectivity index (χ1n) is 8.81. The number of halogens is 1. The Balaban J connectivity index is 1.88. The topological polar surface area (TPSA) is 83.7 Å². The summed E-state index contributed by atoms with van der Waals surface area (Å²) in [4.78, 5) is 3.41. The average Bonchev–Trinajstić information content (AvgIpc) is 3.18. The van der Waals surface area contributed by atoms with Gasteiger partial charge in [-0.3, -0.25) is 0 Å². The van der Waals surface area contributed by atoms with E-state index in [9.17, 15) is 5.11 Å². The van der Waals surface area contributed by atoms with Gasteiger partial charge in [-0.2, -0.15) is 0 Å². The van der Waals surface area contributed by atoms with E-state index >= 15 is 0 Å². The van der Waals surface area contributed by atoms with E-state index in [1.165, 1.54) is 0 Å². The number of rotatable bonds is 6. The molecule has 144 valence electrons. The Morgan fingerprint density at radius 2 is 1.89 bits per heavy atom. The highest BCUT2D eigenvalue weighted by Crippen LogP contribution is 2.34. The van der Waals surface area contributed by atoms with Crippen molar-refractivity contribution < 1.29 is 14.6 Å². The molecular weight excluding hydrogens is 378 g/mol. The van der Waals surface area contributed by atoms with Crippen molar-refractivity contribution in [2.24, 2.45) is 0 Å². The van der Waals surface area contributed by atoms with Crippen molar-refractivity contribution in [3.63, 3.8) is 0 Å². The van der Waals surface area contributed by atoms with Gasteiger partial charge in [0.05, 0.1) is 30.2 Å². The van der Waals surface area contributed by atoms with Crippen molar-refractivity contribution in [1.29, 1.82) is 0 Å². The van der Waals surface area contributed by atoms with Crippen LogP contribution in [0, 0.1) is 13.5 Å². The molecule has 0 spiro atoms. The molecule has 0 aliphatic heterocycles. The maximum absolute atomic E-state index is 10.3. The second kappa shape index (κ2) is 8.53. The highest BCUT2D eigenvalue weighted by molar-refractivity contribution is 6.34. The minimum atomic E-state index is -0.719. The van der Waals surface area contributed by atoms with E-state index in [1.54, 1.807) is 37.3 Å². The quantitative estimate of drug-likeness (QED) is 0.600. The van der Waals surface area contributed by atoms with Crippen LogP contribution in [0.4, 0.5) is 5.69 Å². The number of benzene rings is 2. The zero-order valence-corrected chi connectivity index (χ0v) is 16.3. The summed E-state index contributed by atoms with van der Waals surface area (Å²) in [6, 6.07) is 10.7. The van der Waals surface area contributed by atoms with Gasteiger partial charge in [0.25, 0.3) is 0 Å². The predicted molar refractivity (Wildman–Crippen MR) is 106 cm³/mol. The van der Waals surface area contributed by atoms with E-state index in [0.717, 1.165) is 22.3 Å². The van der Waals surface area contributed by atoms with E-state index in [4.69, 9.17) is 27.7 Å². The van der Waals surface area contributed by atoms with Crippen LogP contribution in [-0.2, 0) is 13.0 Å². The molecule has 6 nitrogen and oxygen atoms in total. The maximum Gasteiger partial charge on any atom is 0.247 e. The van der Waals surface area contributed by atoms with E-state index in [2.05, 4.69) is 15.0 Å². The second-order valence-corrected chi connectivity index (χ2v) is 7.02. The van der Waals surface area contributed by atoms with Crippen molar-refractivity contribution >= 4 is 17.3 Å². The number of aliphatic hydroxyl groups excluding tert-OH is 2. The number of aromatic nitrogens is 2. The Bertz CT molecular complexity index is 1010. The number of nitrogens with zero attached hydrogens (tertiary/aromatic N) is 3. The standard InChI is InChI=1S/C21H20ClN3O3/c1-12-16(8-9-18(23-3)19(12)22)10-17(13(2)27)21-25-24-20(28-21)15-6-4-14(11-26)5-7-15/h4-9,13,17,26-27H,10-11H2,1-2H3/t13-,17+/m0/s1. The smallest absolute Gasteiger partial charge is 0.247 e. The van der Waals surface area contributed by atoms with Crippen LogP contribution < -0.4 is 0 Å². The molecule has 28 heavy (non-hydrogen) atoms. The molecule has 0 fully saturated rings. The predicted octanol–water partition coefficient (Wildman–Crippen LogP) is 4.45. The summed E-state index contributed by atoms with van der Waals surface area (Å²) in [6.07, 6.45) is -0.268. The third-order valence-corrected chi connectivity index (χ3v) is 5.24. The van der Waals surface area contributed by atoms with Crippen LogP contribution in [0.5, 0.6) is 0 Å². The summed E-state index contributed by atoms with van der Waals surface area (Å²) in [5.41, 5.74) is 3.65. The number of hydrogen-bond donors (Lipinski definition) is 2. The fraction of sp³-hybridized carbons (Fsp3) is 0.286. The van der Waals surface area contributed by atoms with Gasteiger partial charge in [-0.1, -0.05) is 35.9 Å². The first-order chi connectivity index (χ1) is 13.4. The molecule has 0 aliphatic carbocycles. The summed E-state index contributed by atoms with van der Waals surface area (Å²) in [5.74, 6) is 0.274. The Kier molecular flexibility index (Phi) is 6.10. The maximum atomic E-state index is 10.3. The lowest BCUT2D eigenvalue weighted by Crippen LogP contribution is -2.18. The average molecular weight is 398 g/mol. The fourth-order valence-corrected chi connectivity index (χ4v) is 3.20. The van der Waals surface area contributed by atoms with Crippen LogP contribution in [0.15, 0.2) is 40.8 Å². The lowest BCUT2D eigenvalue weighted by molar-refractivity contribution is 0.148. The van der Waals surface area contributed by atoms with Crippen LogP contribution in [0.25, 0.3) is 16.3 Å². The van der Waals surface area contributed by atoms with Crippen molar-refractivity contribution in [2.75, 3.05) is 0 Å². The molecule has 1 aromatic heterocycles. The summed E-state index contributed by atoms with van der Waals surface area (Å²) in [6.45, 7) is 10.7. The Morgan fingerprint density at radius 1 is 1.18 bits per heavy atom. The third kappa shape index (κ3) is 4.07. The monoisotopic (exact) mass is 397 g/mol. The molecule has 3 rings (SSSR count). The van der Waals surface area contributed by atoms with Gasteiger partial charge in [0.1, 0.15) is 0 Å². The second-order valence-electron chi connectivity index (χ2n) is 6.65. The summed E-state index contributed by atoms with van der Waals surface area (Å²) in [5, 5.41) is 28.1. The molecule has 2 atom stereocenters. The van der Waals surface area contributed by atoms with Crippen molar-refractivity contribution in [3.05, 3.63) is 75.4 Å². The largest absolute Gasteiger partial charge is 0.420 e. The van der Waals surface area contributed by atoms with Crippen molar-refractivity contribution in [1.82, 2.24) is 10.2 Å². The van der Waals surface area contributed by atoms with Gasteiger partial charge < -0.3 is 14.6 Å². The van der Waals surface area contributed by atoms with Crippen LogP contribution in [0.2, 0.25) is 5.02 Å². The summed E-state index contributed by atoms with van der Waals surface area (Å²) >= 11 is 6.27. The van der Waals surface area contributed by atoms with Crippen molar-refractivity contribution in [2.45, 2.75) is 38.9 Å². The van der Waals surface area contributed by atoms with Gasteiger partial charge in [0.15, 0.2) is 0 Å². The van der Waals surface area contributed by atoms with Crippen molar-refractivity contribution in [3.8, 4) is 11.5 Å². The molecule has 0 saturated heterocycles. The first kappa shape index (κ1) is 20.0. The van der Waals surface area contributed by atoms with Gasteiger partial charge in [0.2, 0.25) is 17.5 Å². The normalized spacial score (nSPS) is 13.1. The summed E-state index contributed by atoms with van der Waals surface area (Å²) < 4.78 is 5.83. The molecule has 0 aliphatic rings. The molecule has 3 aromatic rings. The van der Waals surface area contributed by atoms with Gasteiger partial charge in [-0.15, -0.1) is 10.2 Å². The third-order valence-electron chi connectivity index (χ3n) is 4.76. The van der Waals surface area contributed by atoms with Crippen LogP contribution in [0.1, 0.15) is 35.4 Å². The summed E-state index contributed by atoms with van der Waals surface area (Å²) in [7, 11) is 0. The minimum Gasteiger partial charge on any atom is -0.420 e. The zero-order chi connectivity index (χ0) is 20.3. The number of hydrogen-bond acceptors (Lipinski definition) is 5. The van der Waals surface area contributed by atoms with E-state index in [0.29, 0.717) is 28.9 Å². The fourth-order valence-electron chi connectivity index (χ4n) is 2.97. The van der Waals surface area contributed by atoms with Crippen LogP contribution in [0.3, 0.4) is 0 Å². The molecule has 2 aromatic carbocycles. The molecule has 1 heterocycles. The highest BCUT2D eigenvalue weighted by Gasteiger charge is 2.26. The lowest BCUT2D eigenvalue weighted by Gasteiger charge is -2.18. The molecule has 0 radical (unpaired) electrons. The molecule has 0 saturated carbocycles. The minimum absolute atomic E-state index is 0.0341. The Labute approximate surface area is 168 Å². The molecule has 7 heteroatoms. The molecular formula is C21H20ClN3O3. The molecule has 2 N–H and O–H groups in total. The molecule has 0 amide bonds. The van der Waals surface area contributed by atoms with E-state index < -0.39 is 12.0 Å². The first-order valence-corrected chi connectivity index (χ1v) is 9.19. The Morgan fingerprint density at radius 3 is 2.50 bits per heavy atom. The van der Waals surface area contributed by atoms with Gasteiger partial charge in [-0.05, 0) is 49.1 Å². The lowest BCUT2D eigenvalue weighted by atomic mass is 9.92. The van der Waals surface area contributed by atoms with Gasteiger partial charge in [-0.25, -0.2) is 4.85 Å². The van der Waals surface area contributed by atoms with Crippen LogP contribution in [-0.4, -0.2) is 26.5 Å². The molecule has 0 bridgehead atoms. The molecule has 0 unspecified atom stereocenters. The Hall–Kier alpha value is -2.72. The van der Waals surface area contributed by atoms with Crippen LogP contribution >= 0.6 is 11.6 Å². The number of aliphatic hydroxyl groups is 2. The zero-order valence-electron chi connectivity index (χ0n) is 15.6. The highest BCUT2D eigenvalue weighted by atomic mass is 35.5. The van der Waals surface area contributed by atoms with E-state index in [-0.39, 0.29) is 6.61 Å². The van der Waals surface area contributed by atoms with Gasteiger partial charge in [0, 0.05) is 5.56 Å². The SMILES string of the molecule is [C-]#[N+]c1ccc(C[C@@H](c2nnc(-c3ccc(CO)cc3)o2)[C@H](C)O)c(C)c1Cl.